The van der Waals surface area contributed by atoms with E-state index in [0.29, 0.717) is 0 Å². The second kappa shape index (κ2) is 6.10. The molecule has 0 bridgehead atoms. The summed E-state index contributed by atoms with van der Waals surface area (Å²) in [7, 11) is -3.89. The van der Waals surface area contributed by atoms with Gasteiger partial charge in [-0.1, -0.05) is 13.8 Å². The molecule has 7 heteroatoms. The summed E-state index contributed by atoms with van der Waals surface area (Å²) in [6, 6.07) is 3.91. The van der Waals surface area contributed by atoms with Crippen molar-refractivity contribution in [3.05, 3.63) is 29.6 Å². The Hall–Kier alpha value is -1.49. The molecule has 0 saturated carbocycles. The number of rotatable bonds is 5. The Kier molecular flexibility index (Phi) is 5.00. The molecule has 0 saturated heterocycles. The van der Waals surface area contributed by atoms with Gasteiger partial charge in [0.15, 0.2) is 0 Å². The van der Waals surface area contributed by atoms with Crippen LogP contribution in [0.25, 0.3) is 0 Å². The van der Waals surface area contributed by atoms with Gasteiger partial charge in [-0.25, -0.2) is 17.5 Å². The van der Waals surface area contributed by atoms with Gasteiger partial charge >= 0.3 is 0 Å². The van der Waals surface area contributed by atoms with Gasteiger partial charge < -0.3 is 5.11 Å². The third-order valence-corrected chi connectivity index (χ3v) is 4.16. The minimum atomic E-state index is -3.89. The maximum atomic E-state index is 13.1. The summed E-state index contributed by atoms with van der Waals surface area (Å²) in [6.07, 6.45) is 0. The topological polar surface area (TPSA) is 90.2 Å². The predicted molar refractivity (Wildman–Crippen MR) is 67.1 cm³/mol. The van der Waals surface area contributed by atoms with Crippen molar-refractivity contribution in [2.45, 2.75) is 24.8 Å². The van der Waals surface area contributed by atoms with Crippen LogP contribution < -0.4 is 4.72 Å². The van der Waals surface area contributed by atoms with E-state index in [1.54, 1.807) is 19.9 Å². The monoisotopic (exact) mass is 286 g/mol. The Labute approximate surface area is 111 Å². The zero-order valence-corrected chi connectivity index (χ0v) is 11.4. The maximum Gasteiger partial charge on any atom is 0.240 e. The van der Waals surface area contributed by atoms with Gasteiger partial charge in [0.2, 0.25) is 10.0 Å². The van der Waals surface area contributed by atoms with Crippen molar-refractivity contribution in [1.29, 1.82) is 5.26 Å². The van der Waals surface area contributed by atoms with E-state index in [-0.39, 0.29) is 23.0 Å². The van der Waals surface area contributed by atoms with Crippen LogP contribution in [0.1, 0.15) is 19.4 Å². The molecule has 0 radical (unpaired) electrons. The first kappa shape index (κ1) is 15.6. The van der Waals surface area contributed by atoms with Crippen molar-refractivity contribution >= 4 is 10.0 Å². The van der Waals surface area contributed by atoms with Crippen LogP contribution in [-0.4, -0.2) is 26.2 Å². The van der Waals surface area contributed by atoms with E-state index in [0.717, 1.165) is 18.2 Å². The van der Waals surface area contributed by atoms with E-state index in [2.05, 4.69) is 4.72 Å². The van der Waals surface area contributed by atoms with Crippen molar-refractivity contribution in [1.82, 2.24) is 4.72 Å². The van der Waals surface area contributed by atoms with Crippen LogP contribution in [0.4, 0.5) is 4.39 Å². The fourth-order valence-electron chi connectivity index (χ4n) is 1.41. The highest BCUT2D eigenvalue weighted by atomic mass is 32.2. The second-order valence-corrected chi connectivity index (χ2v) is 6.12. The van der Waals surface area contributed by atoms with E-state index in [9.17, 15) is 12.8 Å². The number of nitriles is 1. The smallest absolute Gasteiger partial charge is 0.240 e. The average Bonchev–Trinajstić information content (AvgIpc) is 2.36. The van der Waals surface area contributed by atoms with E-state index in [4.69, 9.17) is 10.4 Å². The van der Waals surface area contributed by atoms with Gasteiger partial charge in [0.1, 0.15) is 11.9 Å². The molecule has 0 aliphatic rings. The number of hydrogen-bond donors (Lipinski definition) is 2. The number of aliphatic hydroxyl groups excluding tert-OH is 1. The van der Waals surface area contributed by atoms with Crippen molar-refractivity contribution in [3.63, 3.8) is 0 Å². The molecule has 5 nitrogen and oxygen atoms in total. The number of nitrogens with one attached hydrogen (secondary N) is 1. The largest absolute Gasteiger partial charge is 0.395 e. The van der Waals surface area contributed by atoms with Crippen LogP contribution in [0.2, 0.25) is 0 Å². The van der Waals surface area contributed by atoms with Crippen LogP contribution in [0.5, 0.6) is 0 Å². The minimum Gasteiger partial charge on any atom is -0.395 e. The maximum absolute atomic E-state index is 13.1. The van der Waals surface area contributed by atoms with Gasteiger partial charge in [-0.2, -0.15) is 5.26 Å². The number of halogens is 1. The van der Waals surface area contributed by atoms with Gasteiger partial charge in [-0.3, -0.25) is 0 Å². The lowest BCUT2D eigenvalue weighted by atomic mass is 10.1. The van der Waals surface area contributed by atoms with Crippen LogP contribution >= 0.6 is 0 Å². The molecule has 0 spiro atoms. The van der Waals surface area contributed by atoms with E-state index in [1.807, 2.05) is 0 Å². The fourth-order valence-corrected chi connectivity index (χ4v) is 2.81. The van der Waals surface area contributed by atoms with Crippen LogP contribution in [0.15, 0.2) is 23.1 Å². The van der Waals surface area contributed by atoms with Gasteiger partial charge in [0, 0.05) is 6.04 Å². The Morgan fingerprint density at radius 2 is 2.11 bits per heavy atom. The van der Waals surface area contributed by atoms with Crippen molar-refractivity contribution in [2.75, 3.05) is 6.61 Å². The molecule has 0 aromatic heterocycles. The Balaban J connectivity index is 3.11. The number of benzene rings is 1. The first-order valence-corrected chi connectivity index (χ1v) is 7.13. The second-order valence-electron chi connectivity index (χ2n) is 4.41. The van der Waals surface area contributed by atoms with Crippen LogP contribution in [0.3, 0.4) is 0 Å². The van der Waals surface area contributed by atoms with Gasteiger partial charge in [0.25, 0.3) is 0 Å². The average molecular weight is 286 g/mol. The molecule has 1 aromatic carbocycles. The number of aliphatic hydroxyl groups is 1. The summed E-state index contributed by atoms with van der Waals surface area (Å²) >= 11 is 0. The predicted octanol–water partition coefficient (Wildman–Crippen LogP) is 0.993. The highest BCUT2D eigenvalue weighted by molar-refractivity contribution is 7.89. The molecule has 1 rings (SSSR count). The molecule has 2 N–H and O–H groups in total. The van der Waals surface area contributed by atoms with Crippen molar-refractivity contribution < 1.29 is 17.9 Å². The molecular formula is C12H15FN2O3S. The quantitative estimate of drug-likeness (QED) is 0.844. The van der Waals surface area contributed by atoms with E-state index >= 15 is 0 Å². The molecule has 19 heavy (non-hydrogen) atoms. The van der Waals surface area contributed by atoms with Gasteiger partial charge in [-0.05, 0) is 24.1 Å². The van der Waals surface area contributed by atoms with Crippen LogP contribution in [0, 0.1) is 23.1 Å². The van der Waals surface area contributed by atoms with E-state index < -0.39 is 21.9 Å². The zero-order valence-electron chi connectivity index (χ0n) is 10.6. The van der Waals surface area contributed by atoms with Crippen LogP contribution in [-0.2, 0) is 10.0 Å². The summed E-state index contributed by atoms with van der Waals surface area (Å²) in [6.45, 7) is 3.17. The zero-order chi connectivity index (χ0) is 14.6. The Bertz CT molecular complexity index is 593. The number of hydrogen-bond acceptors (Lipinski definition) is 4. The summed E-state index contributed by atoms with van der Waals surface area (Å²) in [5.74, 6) is -0.875. The molecule has 0 amide bonds. The fraction of sp³-hybridized carbons (Fsp3) is 0.417. The lowest BCUT2D eigenvalue weighted by molar-refractivity contribution is 0.227. The highest BCUT2D eigenvalue weighted by Crippen LogP contribution is 2.15. The molecular weight excluding hydrogens is 271 g/mol. The third-order valence-electron chi connectivity index (χ3n) is 2.68. The SMILES string of the molecule is CC(C)[C@@H](CO)NS(=O)(=O)c1ccc(F)c(C#N)c1. The van der Waals surface area contributed by atoms with E-state index in [1.165, 1.54) is 0 Å². The van der Waals surface area contributed by atoms with Gasteiger partial charge in [0.05, 0.1) is 17.1 Å². The lowest BCUT2D eigenvalue weighted by Crippen LogP contribution is -2.41. The third kappa shape index (κ3) is 3.73. The molecule has 1 aromatic rings. The summed E-state index contributed by atoms with van der Waals surface area (Å²) in [5.41, 5.74) is -0.340. The minimum absolute atomic E-state index is 0.101. The Morgan fingerprint density at radius 1 is 1.47 bits per heavy atom. The van der Waals surface area contributed by atoms with Gasteiger partial charge in [-0.15, -0.1) is 0 Å². The molecule has 0 fully saturated rings. The highest BCUT2D eigenvalue weighted by Gasteiger charge is 2.22. The first-order valence-electron chi connectivity index (χ1n) is 5.64. The molecule has 1 atom stereocenters. The Morgan fingerprint density at radius 3 is 2.58 bits per heavy atom. The number of sulfonamides is 1. The standard InChI is InChI=1S/C12H15FN2O3S/c1-8(2)12(7-16)15-19(17,18)10-3-4-11(13)9(5-10)6-14/h3-5,8,12,15-16H,7H2,1-2H3/t12-/m1/s1. The summed E-state index contributed by atoms with van der Waals surface area (Å²) in [5, 5.41) is 17.8. The molecule has 0 aliphatic heterocycles. The lowest BCUT2D eigenvalue weighted by Gasteiger charge is -2.19. The molecule has 0 unspecified atom stereocenters. The normalized spacial score (nSPS) is 13.3. The molecule has 0 aliphatic carbocycles. The van der Waals surface area contributed by atoms with Crippen molar-refractivity contribution in [3.8, 4) is 6.07 Å². The summed E-state index contributed by atoms with van der Waals surface area (Å²) in [4.78, 5) is -0.204. The number of nitrogens with zero attached hydrogens (tertiary/aromatic N) is 1. The summed E-state index contributed by atoms with van der Waals surface area (Å²) < 4.78 is 39.5. The molecule has 104 valence electrons. The van der Waals surface area contributed by atoms with Crippen molar-refractivity contribution in [2.24, 2.45) is 5.92 Å². The first-order chi connectivity index (χ1) is 8.81. The molecule has 0 heterocycles.